The smallest absolute Gasteiger partial charge is 0.375 e. The summed E-state index contributed by atoms with van der Waals surface area (Å²) in [6, 6.07) is 39.5. The summed E-state index contributed by atoms with van der Waals surface area (Å²) in [6.45, 7) is 0. The van der Waals surface area contributed by atoms with Crippen LogP contribution in [0.2, 0.25) is 0 Å². The maximum absolute atomic E-state index is 15.6. The van der Waals surface area contributed by atoms with E-state index in [-0.39, 0.29) is 5.56 Å². The number of fused-ring (bicyclic) bond motifs is 2. The molecule has 0 aromatic heterocycles. The molecule has 0 bridgehead atoms. The van der Waals surface area contributed by atoms with Crippen LogP contribution in [0.4, 0.5) is 13.2 Å². The van der Waals surface area contributed by atoms with E-state index in [2.05, 4.69) is 12.1 Å². The Balaban J connectivity index is 0.00000221. The maximum Gasteiger partial charge on any atom is 0.534 e. The van der Waals surface area contributed by atoms with E-state index in [1.54, 1.807) is 103 Å². The Hall–Kier alpha value is -6.39. The molecule has 0 spiro atoms. The van der Waals surface area contributed by atoms with Gasteiger partial charge in [-0.15, -0.1) is 0 Å². The van der Waals surface area contributed by atoms with E-state index in [4.69, 9.17) is 4.18 Å². The van der Waals surface area contributed by atoms with Crippen molar-refractivity contribution in [2.24, 2.45) is 0 Å². The molecule has 0 amide bonds. The summed E-state index contributed by atoms with van der Waals surface area (Å²) < 4.78 is 85.7. The second-order valence-corrected chi connectivity index (χ2v) is 13.7. The fourth-order valence-electron chi connectivity index (χ4n) is 5.12. The van der Waals surface area contributed by atoms with Crippen LogP contribution in [0.3, 0.4) is 0 Å². The molecule has 214 valence electrons. The predicted molar refractivity (Wildman–Crippen MR) is 160 cm³/mol. The Morgan fingerprint density at radius 3 is 1.64 bits per heavy atom. The van der Waals surface area contributed by atoms with Gasteiger partial charge in [0.15, 0.2) is 5.75 Å². The molecule has 4 nitrogen and oxygen atoms in total. The SMILES string of the molecule is O=P(c1c[c-]ccc1)(c1c[c-]ccc1)c1ccc2ccccc2c1-c1c(OS(=O)(=O)C(F)(F)F)ccc2ccccc12.[Rf].[Rf]. The zero-order chi connectivity index (χ0) is 29.5. The molecule has 6 aromatic carbocycles. The summed E-state index contributed by atoms with van der Waals surface area (Å²) in [7, 11) is -9.79. The van der Waals surface area contributed by atoms with Crippen LogP contribution in [0.15, 0.2) is 121 Å². The van der Waals surface area contributed by atoms with Crippen molar-refractivity contribution in [2.75, 3.05) is 0 Å². The first-order valence-electron chi connectivity index (χ1n) is 12.7. The Labute approximate surface area is 240 Å². The van der Waals surface area contributed by atoms with Crippen molar-refractivity contribution in [2.45, 2.75) is 5.51 Å². The number of rotatable bonds is 6. The number of hydrogen-bond acceptors (Lipinski definition) is 4. The minimum atomic E-state index is -6.03. The second-order valence-electron chi connectivity index (χ2n) is 9.46. The number of benzene rings is 6. The molecule has 0 aliphatic carbocycles. The summed E-state index contributed by atoms with van der Waals surface area (Å²) in [6.07, 6.45) is 0. The van der Waals surface area contributed by atoms with Crippen LogP contribution >= 0.6 is 7.14 Å². The van der Waals surface area contributed by atoms with E-state index in [1.165, 1.54) is 12.1 Å². The molecule has 0 fully saturated rings. The minimum absolute atomic E-state index is 0. The molecular weight excluding hydrogens is 1110 g/mol. The van der Waals surface area contributed by atoms with Crippen LogP contribution in [-0.4, -0.2) is 13.9 Å². The maximum atomic E-state index is 15.6. The third-order valence-corrected chi connectivity index (χ3v) is 11.0. The third kappa shape index (κ3) is 4.87. The number of alkyl halides is 3. The average molecular weight is 1130 g/mol. The van der Waals surface area contributed by atoms with E-state index in [0.29, 0.717) is 43.0 Å². The van der Waals surface area contributed by atoms with Crippen molar-refractivity contribution in [3.63, 3.8) is 0 Å². The molecule has 0 aliphatic rings. The third-order valence-electron chi connectivity index (χ3n) is 6.98. The largest absolute Gasteiger partial charge is 0.534 e. The topological polar surface area (TPSA) is 60.4 Å². The summed E-state index contributed by atoms with van der Waals surface area (Å²) >= 11 is 0. The first-order valence-corrected chi connectivity index (χ1v) is 15.8. The molecule has 11 heteroatoms. The minimum Gasteiger partial charge on any atom is -0.375 e. The molecule has 0 unspecified atom stereocenters. The van der Waals surface area contributed by atoms with Gasteiger partial charge in [-0.2, -0.15) is 82.3 Å². The zero-order valence-corrected chi connectivity index (χ0v) is 37.6. The first kappa shape index (κ1) is 30.6. The van der Waals surface area contributed by atoms with E-state index >= 15 is 4.57 Å². The van der Waals surface area contributed by atoms with Gasteiger partial charge in [0, 0.05) is 16.4 Å². The molecule has 0 radical (unpaired) electrons. The summed E-state index contributed by atoms with van der Waals surface area (Å²) in [5, 5.41) is 3.49. The first-order chi connectivity index (χ1) is 20.1. The van der Waals surface area contributed by atoms with Gasteiger partial charge in [0.05, 0.1) is 7.14 Å². The quantitative estimate of drug-likeness (QED) is 0.0772. The predicted octanol–water partition coefficient (Wildman–Crippen LogP) is 7.13. The molecule has 44 heavy (non-hydrogen) atoms. The normalized spacial score (nSPS) is 11.9. The Morgan fingerprint density at radius 2 is 1.14 bits per heavy atom. The Morgan fingerprint density at radius 1 is 0.636 bits per heavy atom. The molecule has 0 heterocycles. The van der Waals surface area contributed by atoms with Gasteiger partial charge < -0.3 is 8.75 Å². The van der Waals surface area contributed by atoms with Crippen molar-refractivity contribution in [1.82, 2.24) is 0 Å². The monoisotopic (exact) mass is 1130 g/mol. The van der Waals surface area contributed by atoms with Gasteiger partial charge in [0.1, 0.15) is 0 Å². The molecule has 0 atom stereocenters. The molecule has 6 aromatic rings. The van der Waals surface area contributed by atoms with Crippen molar-refractivity contribution in [3.05, 3.63) is 133 Å². The van der Waals surface area contributed by atoms with Crippen LogP contribution in [0.5, 0.6) is 5.75 Å². The fourth-order valence-corrected chi connectivity index (χ4v) is 8.38. The van der Waals surface area contributed by atoms with Gasteiger partial charge >= 0.3 is 15.6 Å². The molecule has 0 saturated heterocycles. The van der Waals surface area contributed by atoms with Gasteiger partial charge in [-0.1, -0.05) is 77.3 Å². The van der Waals surface area contributed by atoms with Crippen LogP contribution in [0.25, 0.3) is 32.7 Å². The fraction of sp³-hybridized carbons (Fsp3) is 0.0303. The second kappa shape index (κ2) is 11.1. The van der Waals surface area contributed by atoms with E-state index in [0.717, 1.165) is 0 Å². The van der Waals surface area contributed by atoms with Gasteiger partial charge in [-0.05, 0) is 27.6 Å². The molecule has 6 rings (SSSR count). The van der Waals surface area contributed by atoms with E-state index in [9.17, 15) is 21.6 Å². The standard InChI is InChI=1S/C33H20F3O4PS.2Rf/c34-33(35,36)42(38,39)40-29-21-19-23-11-7-9-17-27(23)31(29)32-28-18-10-8-12-24(28)20-22-30(32)41(37,25-13-3-1-4-14-25)26-15-5-2-6-16-26;;/h1-3,5,7-22H;;/q-2;;. The van der Waals surface area contributed by atoms with E-state index in [1.807, 2.05) is 6.07 Å². The zero-order valence-electron chi connectivity index (χ0n) is 23.1. The Kier molecular flexibility index (Phi) is 7.73. The molecular formula is C33H20F3O4PRf2S-2. The van der Waals surface area contributed by atoms with Gasteiger partial charge in [-0.25, -0.2) is 0 Å². The number of hydrogen-bond donors (Lipinski definition) is 0. The van der Waals surface area contributed by atoms with Crippen LogP contribution < -0.4 is 20.1 Å². The van der Waals surface area contributed by atoms with Gasteiger partial charge in [0.2, 0.25) is 0 Å². The number of halogens is 3. The average Bonchev–Trinajstić information content (AvgIpc) is 3.00. The van der Waals surface area contributed by atoms with Crippen molar-refractivity contribution >= 4 is 54.7 Å². The van der Waals surface area contributed by atoms with Crippen LogP contribution in [-0.2, 0) is 14.7 Å². The summed E-state index contributed by atoms with van der Waals surface area (Å²) in [4.78, 5) is 0. The van der Waals surface area contributed by atoms with Crippen LogP contribution in [0.1, 0.15) is 0 Å². The summed E-state index contributed by atoms with van der Waals surface area (Å²) in [5.74, 6) is -0.533. The van der Waals surface area contributed by atoms with Crippen molar-refractivity contribution < 1.29 is 30.3 Å². The van der Waals surface area contributed by atoms with Gasteiger partial charge in [0.25, 0.3) is 0 Å². The van der Waals surface area contributed by atoms with E-state index < -0.39 is 28.5 Å². The Bertz CT molecular complexity index is 2060. The van der Waals surface area contributed by atoms with Crippen molar-refractivity contribution in [1.29, 1.82) is 0 Å². The molecule has 0 N–H and O–H groups in total. The van der Waals surface area contributed by atoms with Gasteiger partial charge in [-0.3, -0.25) is 0 Å². The van der Waals surface area contributed by atoms with Crippen LogP contribution in [0, 0.1) is 12.1 Å². The molecule has 0 aliphatic heterocycles. The molecule has 0 saturated carbocycles. The van der Waals surface area contributed by atoms with Crippen molar-refractivity contribution in [3.8, 4) is 16.9 Å². The summed E-state index contributed by atoms with van der Waals surface area (Å²) in [5.41, 5.74) is -5.28.